The second-order valence-corrected chi connectivity index (χ2v) is 7.57. The van der Waals surface area contributed by atoms with Gasteiger partial charge in [-0.25, -0.2) is 18.1 Å². The Balaban J connectivity index is 2.12. The molecule has 0 atom stereocenters. The Morgan fingerprint density at radius 1 is 1.35 bits per heavy atom. The highest BCUT2D eigenvalue weighted by Crippen LogP contribution is 2.22. The van der Waals surface area contributed by atoms with E-state index in [0.717, 1.165) is 22.5 Å². The van der Waals surface area contributed by atoms with E-state index in [1.54, 1.807) is 7.11 Å². The van der Waals surface area contributed by atoms with E-state index in [2.05, 4.69) is 9.71 Å². The average molecular weight is 333 g/mol. The molecule has 0 spiro atoms. The maximum Gasteiger partial charge on any atom is 0.252 e. The molecule has 5 nitrogen and oxygen atoms in total. The lowest BCUT2D eigenvalue weighted by Gasteiger charge is -2.09. The molecular formula is C12H13ClN2O3S2. The number of rotatable bonds is 6. The van der Waals surface area contributed by atoms with Gasteiger partial charge in [-0.05, 0) is 11.1 Å². The van der Waals surface area contributed by atoms with Crippen LogP contribution in [0.3, 0.4) is 0 Å². The van der Waals surface area contributed by atoms with Crippen LogP contribution in [0.25, 0.3) is 0 Å². The standard InChI is InChI=1S/C12H13ClN2O3S2/c1-18-8-10-5-3-2-4-9(10)6-15-20(16,17)11-7-14-12(13)19-11/h2-5,7,15H,6,8H2,1H3. The van der Waals surface area contributed by atoms with Gasteiger partial charge in [0.15, 0.2) is 8.68 Å². The number of thiazole rings is 1. The van der Waals surface area contributed by atoms with Gasteiger partial charge in [0.2, 0.25) is 0 Å². The van der Waals surface area contributed by atoms with Crippen LogP contribution in [0.2, 0.25) is 4.47 Å². The predicted octanol–water partition coefficient (Wildman–Crippen LogP) is 2.42. The molecule has 0 unspecified atom stereocenters. The predicted molar refractivity (Wildman–Crippen MR) is 78.3 cm³/mol. The molecule has 0 aliphatic rings. The maximum absolute atomic E-state index is 12.1. The third kappa shape index (κ3) is 3.77. The number of halogens is 1. The highest BCUT2D eigenvalue weighted by Gasteiger charge is 2.17. The minimum absolute atomic E-state index is 0.103. The first-order chi connectivity index (χ1) is 9.53. The number of benzene rings is 1. The highest BCUT2D eigenvalue weighted by atomic mass is 35.5. The summed E-state index contributed by atoms with van der Waals surface area (Å²) in [5, 5.41) is 0. The van der Waals surface area contributed by atoms with Gasteiger partial charge in [0.1, 0.15) is 0 Å². The van der Waals surface area contributed by atoms with Crippen molar-refractivity contribution in [1.82, 2.24) is 9.71 Å². The summed E-state index contributed by atoms with van der Waals surface area (Å²) in [6.45, 7) is 0.627. The van der Waals surface area contributed by atoms with Crippen LogP contribution in [0, 0.1) is 0 Å². The Morgan fingerprint density at radius 3 is 2.65 bits per heavy atom. The van der Waals surface area contributed by atoms with Crippen LogP contribution in [0.4, 0.5) is 0 Å². The summed E-state index contributed by atoms with van der Waals surface area (Å²) in [4.78, 5) is 3.73. The molecule has 8 heteroatoms. The van der Waals surface area contributed by atoms with Crippen molar-refractivity contribution in [3.05, 3.63) is 46.1 Å². The van der Waals surface area contributed by atoms with E-state index in [-0.39, 0.29) is 15.2 Å². The van der Waals surface area contributed by atoms with Crippen molar-refractivity contribution in [1.29, 1.82) is 0 Å². The van der Waals surface area contributed by atoms with Gasteiger partial charge in [-0.15, -0.1) is 0 Å². The molecule has 1 N–H and O–H groups in total. The average Bonchev–Trinajstić information content (AvgIpc) is 2.86. The number of nitrogens with one attached hydrogen (secondary N) is 1. The van der Waals surface area contributed by atoms with Crippen LogP contribution in [0.5, 0.6) is 0 Å². The van der Waals surface area contributed by atoms with Crippen molar-refractivity contribution in [2.45, 2.75) is 17.4 Å². The molecular weight excluding hydrogens is 320 g/mol. The summed E-state index contributed by atoms with van der Waals surface area (Å²) >= 11 is 6.57. The number of ether oxygens (including phenoxy) is 1. The Morgan fingerprint density at radius 2 is 2.05 bits per heavy atom. The third-order valence-corrected chi connectivity index (χ3v) is 5.57. The van der Waals surface area contributed by atoms with E-state index in [1.165, 1.54) is 6.20 Å². The zero-order chi connectivity index (χ0) is 14.6. The molecule has 0 radical (unpaired) electrons. The zero-order valence-electron chi connectivity index (χ0n) is 10.7. The van der Waals surface area contributed by atoms with E-state index in [1.807, 2.05) is 24.3 Å². The fourth-order valence-corrected chi connectivity index (χ4v) is 3.98. The van der Waals surface area contributed by atoms with Crippen LogP contribution in [0.1, 0.15) is 11.1 Å². The largest absolute Gasteiger partial charge is 0.380 e. The molecule has 0 aliphatic heterocycles. The molecule has 1 heterocycles. The Bertz CT molecular complexity index is 686. The number of hydrogen-bond acceptors (Lipinski definition) is 5. The van der Waals surface area contributed by atoms with Gasteiger partial charge >= 0.3 is 0 Å². The van der Waals surface area contributed by atoms with Crippen LogP contribution >= 0.6 is 22.9 Å². The van der Waals surface area contributed by atoms with Crippen molar-refractivity contribution in [2.75, 3.05) is 7.11 Å². The molecule has 20 heavy (non-hydrogen) atoms. The van der Waals surface area contributed by atoms with Gasteiger partial charge in [0.25, 0.3) is 10.0 Å². The third-order valence-electron chi connectivity index (χ3n) is 2.59. The number of aromatic nitrogens is 1. The topological polar surface area (TPSA) is 68.3 Å². The number of methoxy groups -OCH3 is 1. The molecule has 1 aromatic carbocycles. The van der Waals surface area contributed by atoms with Crippen LogP contribution < -0.4 is 4.72 Å². The monoisotopic (exact) mass is 332 g/mol. The van der Waals surface area contributed by atoms with Crippen LogP contribution in [-0.4, -0.2) is 20.5 Å². The molecule has 0 fully saturated rings. The minimum atomic E-state index is -3.59. The smallest absolute Gasteiger partial charge is 0.252 e. The molecule has 2 rings (SSSR count). The zero-order valence-corrected chi connectivity index (χ0v) is 13.1. The molecule has 1 aromatic heterocycles. The van der Waals surface area contributed by atoms with Crippen molar-refractivity contribution in [3.8, 4) is 0 Å². The Hall–Kier alpha value is -0.990. The summed E-state index contributed by atoms with van der Waals surface area (Å²) in [6.07, 6.45) is 1.25. The quantitative estimate of drug-likeness (QED) is 0.882. The lowest BCUT2D eigenvalue weighted by Crippen LogP contribution is -2.23. The van der Waals surface area contributed by atoms with E-state index < -0.39 is 10.0 Å². The number of nitrogens with zero attached hydrogens (tertiary/aromatic N) is 1. The molecule has 2 aromatic rings. The normalized spacial score (nSPS) is 11.7. The van der Waals surface area contributed by atoms with E-state index in [0.29, 0.717) is 6.61 Å². The fraction of sp³-hybridized carbons (Fsp3) is 0.250. The first-order valence-corrected chi connectivity index (χ1v) is 8.37. The second kappa shape index (κ2) is 6.64. The molecule has 0 aliphatic carbocycles. The minimum Gasteiger partial charge on any atom is -0.380 e. The Labute approximate surface area is 126 Å². The van der Waals surface area contributed by atoms with E-state index >= 15 is 0 Å². The maximum atomic E-state index is 12.1. The van der Waals surface area contributed by atoms with Crippen LogP contribution in [-0.2, 0) is 27.9 Å². The van der Waals surface area contributed by atoms with Crippen molar-refractivity contribution >= 4 is 33.0 Å². The summed E-state index contributed by atoms with van der Waals surface area (Å²) in [5.41, 5.74) is 1.81. The molecule has 0 amide bonds. The molecule has 0 saturated carbocycles. The lowest BCUT2D eigenvalue weighted by atomic mass is 10.1. The molecule has 108 valence electrons. The molecule has 0 bridgehead atoms. The van der Waals surface area contributed by atoms with Gasteiger partial charge in [0, 0.05) is 13.7 Å². The van der Waals surface area contributed by atoms with Gasteiger partial charge < -0.3 is 4.74 Å². The lowest BCUT2D eigenvalue weighted by molar-refractivity contribution is 0.184. The summed E-state index contributed by atoms with van der Waals surface area (Å²) < 4.78 is 32.0. The number of hydrogen-bond donors (Lipinski definition) is 1. The first-order valence-electron chi connectivity index (χ1n) is 5.69. The Kier molecular flexibility index (Phi) is 5.11. The van der Waals surface area contributed by atoms with Gasteiger partial charge in [0.05, 0.1) is 12.8 Å². The van der Waals surface area contributed by atoms with E-state index in [9.17, 15) is 8.42 Å². The second-order valence-electron chi connectivity index (χ2n) is 3.96. The van der Waals surface area contributed by atoms with E-state index in [4.69, 9.17) is 16.3 Å². The summed E-state index contributed by atoms with van der Waals surface area (Å²) in [7, 11) is -1.99. The molecule has 0 saturated heterocycles. The highest BCUT2D eigenvalue weighted by molar-refractivity contribution is 7.91. The first kappa shape index (κ1) is 15.4. The van der Waals surface area contributed by atoms with Crippen LogP contribution in [0.15, 0.2) is 34.7 Å². The van der Waals surface area contributed by atoms with Crippen molar-refractivity contribution in [2.24, 2.45) is 0 Å². The number of sulfonamides is 1. The summed E-state index contributed by atoms with van der Waals surface area (Å²) in [5.74, 6) is 0. The fourth-order valence-electron chi connectivity index (χ4n) is 1.63. The van der Waals surface area contributed by atoms with Gasteiger partial charge in [-0.2, -0.15) is 0 Å². The van der Waals surface area contributed by atoms with Gasteiger partial charge in [-0.3, -0.25) is 0 Å². The SMILES string of the molecule is COCc1ccccc1CNS(=O)(=O)c1cnc(Cl)s1. The van der Waals surface area contributed by atoms with Crippen molar-refractivity contribution < 1.29 is 13.2 Å². The summed E-state index contributed by atoms with van der Waals surface area (Å²) in [6, 6.07) is 7.49. The van der Waals surface area contributed by atoms with Crippen molar-refractivity contribution in [3.63, 3.8) is 0 Å². The van der Waals surface area contributed by atoms with Gasteiger partial charge in [-0.1, -0.05) is 47.2 Å².